The average Bonchev–Trinajstić information content (AvgIpc) is 3.10. The Morgan fingerprint density at radius 3 is 2.74 bits per heavy atom. The second kappa shape index (κ2) is 4.78. The highest BCUT2D eigenvalue weighted by Crippen LogP contribution is 2.30. The first-order valence-corrected chi connectivity index (χ1v) is 6.81. The minimum Gasteiger partial charge on any atom is -0.338 e. The standard InChI is InChI=1S/C15H19N3O/c1-15(2,11-7-4-3-5-8-11)14-17-13(19-18-14)12-9-6-10-16-12/h3-5,7-8,12,16H,6,9-10H2,1-2H3/t12-/m1/s1. The van der Waals surface area contributed by atoms with Gasteiger partial charge in [0.1, 0.15) is 0 Å². The lowest BCUT2D eigenvalue weighted by molar-refractivity contribution is 0.337. The number of rotatable bonds is 3. The molecule has 1 saturated heterocycles. The van der Waals surface area contributed by atoms with E-state index in [2.05, 4.69) is 41.4 Å². The van der Waals surface area contributed by atoms with Crippen LogP contribution in [0.2, 0.25) is 0 Å². The molecule has 0 bridgehead atoms. The molecule has 0 saturated carbocycles. The molecular formula is C15H19N3O. The van der Waals surface area contributed by atoms with Crippen molar-refractivity contribution in [2.75, 3.05) is 6.54 Å². The first-order chi connectivity index (χ1) is 9.18. The maximum Gasteiger partial charge on any atom is 0.243 e. The molecule has 0 unspecified atom stereocenters. The first kappa shape index (κ1) is 12.4. The number of nitrogens with one attached hydrogen (secondary N) is 1. The topological polar surface area (TPSA) is 51.0 Å². The summed E-state index contributed by atoms with van der Waals surface area (Å²) in [6, 6.07) is 10.5. The fraction of sp³-hybridized carbons (Fsp3) is 0.467. The van der Waals surface area contributed by atoms with E-state index in [1.165, 1.54) is 12.0 Å². The second-order valence-corrected chi connectivity index (χ2v) is 5.60. The zero-order valence-electron chi connectivity index (χ0n) is 11.4. The molecule has 0 aliphatic carbocycles. The van der Waals surface area contributed by atoms with E-state index in [1.807, 2.05) is 18.2 Å². The van der Waals surface area contributed by atoms with Crippen LogP contribution in [-0.4, -0.2) is 16.7 Å². The van der Waals surface area contributed by atoms with E-state index in [9.17, 15) is 0 Å². The summed E-state index contributed by atoms with van der Waals surface area (Å²) in [4.78, 5) is 4.60. The summed E-state index contributed by atoms with van der Waals surface area (Å²) < 4.78 is 5.43. The number of aromatic nitrogens is 2. The van der Waals surface area contributed by atoms with Gasteiger partial charge in [0.25, 0.3) is 0 Å². The average molecular weight is 257 g/mol. The fourth-order valence-corrected chi connectivity index (χ4v) is 2.51. The molecule has 100 valence electrons. The van der Waals surface area contributed by atoms with Crippen LogP contribution in [0.4, 0.5) is 0 Å². The molecule has 3 rings (SSSR count). The Kier molecular flexibility index (Phi) is 3.11. The Bertz CT molecular complexity index is 542. The van der Waals surface area contributed by atoms with Gasteiger partial charge in [-0.15, -0.1) is 0 Å². The molecule has 1 atom stereocenters. The Morgan fingerprint density at radius 2 is 2.05 bits per heavy atom. The zero-order chi connectivity index (χ0) is 13.3. The molecule has 4 heteroatoms. The normalized spacial score (nSPS) is 19.8. The molecule has 19 heavy (non-hydrogen) atoms. The van der Waals surface area contributed by atoms with Crippen LogP contribution >= 0.6 is 0 Å². The summed E-state index contributed by atoms with van der Waals surface area (Å²) in [7, 11) is 0. The van der Waals surface area contributed by atoms with Gasteiger partial charge in [0.15, 0.2) is 5.82 Å². The summed E-state index contributed by atoms with van der Waals surface area (Å²) in [5.41, 5.74) is 0.962. The number of hydrogen-bond acceptors (Lipinski definition) is 4. The largest absolute Gasteiger partial charge is 0.338 e. The van der Waals surface area contributed by atoms with Gasteiger partial charge in [-0.3, -0.25) is 0 Å². The third kappa shape index (κ3) is 2.28. The van der Waals surface area contributed by atoms with Gasteiger partial charge in [-0.1, -0.05) is 35.5 Å². The van der Waals surface area contributed by atoms with Gasteiger partial charge in [0.05, 0.1) is 11.5 Å². The van der Waals surface area contributed by atoms with Crippen LogP contribution in [0.25, 0.3) is 0 Å². The van der Waals surface area contributed by atoms with Crippen molar-refractivity contribution in [1.29, 1.82) is 0 Å². The van der Waals surface area contributed by atoms with Crippen molar-refractivity contribution in [2.24, 2.45) is 0 Å². The molecule has 1 aromatic heterocycles. The molecule has 2 aromatic rings. The molecule has 1 fully saturated rings. The van der Waals surface area contributed by atoms with Crippen LogP contribution in [-0.2, 0) is 5.41 Å². The van der Waals surface area contributed by atoms with Gasteiger partial charge in [-0.25, -0.2) is 0 Å². The van der Waals surface area contributed by atoms with Crippen LogP contribution in [0.15, 0.2) is 34.9 Å². The molecule has 0 amide bonds. The molecule has 0 radical (unpaired) electrons. The Hall–Kier alpha value is -1.68. The van der Waals surface area contributed by atoms with E-state index < -0.39 is 0 Å². The number of nitrogens with zero attached hydrogens (tertiary/aromatic N) is 2. The molecule has 2 heterocycles. The fourth-order valence-electron chi connectivity index (χ4n) is 2.51. The smallest absolute Gasteiger partial charge is 0.243 e. The molecule has 1 aliphatic rings. The van der Waals surface area contributed by atoms with Crippen LogP contribution in [0.5, 0.6) is 0 Å². The Morgan fingerprint density at radius 1 is 1.26 bits per heavy atom. The summed E-state index contributed by atoms with van der Waals surface area (Å²) in [5, 5.41) is 7.56. The third-order valence-corrected chi connectivity index (χ3v) is 3.85. The minimum absolute atomic E-state index is 0.229. The van der Waals surface area contributed by atoms with Gasteiger partial charge in [0, 0.05) is 0 Å². The van der Waals surface area contributed by atoms with Gasteiger partial charge in [-0.05, 0) is 38.8 Å². The van der Waals surface area contributed by atoms with Crippen LogP contribution in [0.1, 0.15) is 50.0 Å². The predicted molar refractivity (Wildman–Crippen MR) is 72.8 cm³/mol. The first-order valence-electron chi connectivity index (χ1n) is 6.81. The molecular weight excluding hydrogens is 238 g/mol. The lowest BCUT2D eigenvalue weighted by atomic mass is 9.84. The molecule has 1 aliphatic heterocycles. The van der Waals surface area contributed by atoms with Crippen LogP contribution < -0.4 is 5.32 Å². The van der Waals surface area contributed by atoms with E-state index in [-0.39, 0.29) is 11.5 Å². The molecule has 1 aromatic carbocycles. The highest BCUT2D eigenvalue weighted by Gasteiger charge is 2.31. The van der Waals surface area contributed by atoms with Crippen LogP contribution in [0.3, 0.4) is 0 Å². The van der Waals surface area contributed by atoms with Crippen molar-refractivity contribution < 1.29 is 4.52 Å². The van der Waals surface area contributed by atoms with Crippen molar-refractivity contribution >= 4 is 0 Å². The van der Waals surface area contributed by atoms with Crippen LogP contribution in [0, 0.1) is 0 Å². The maximum atomic E-state index is 5.43. The SMILES string of the molecule is CC(C)(c1ccccc1)c1noc([C@H]2CCCN2)n1. The van der Waals surface area contributed by atoms with Gasteiger partial charge in [0.2, 0.25) is 5.89 Å². The molecule has 4 nitrogen and oxygen atoms in total. The lowest BCUT2D eigenvalue weighted by Crippen LogP contribution is -2.21. The number of hydrogen-bond donors (Lipinski definition) is 1. The van der Waals surface area contributed by atoms with E-state index in [0.717, 1.165) is 24.7 Å². The minimum atomic E-state index is -0.235. The maximum absolute atomic E-state index is 5.43. The third-order valence-electron chi connectivity index (χ3n) is 3.85. The zero-order valence-corrected chi connectivity index (χ0v) is 11.4. The predicted octanol–water partition coefficient (Wildman–Crippen LogP) is 2.82. The van der Waals surface area contributed by atoms with E-state index >= 15 is 0 Å². The quantitative estimate of drug-likeness (QED) is 0.918. The van der Waals surface area contributed by atoms with Gasteiger partial charge < -0.3 is 9.84 Å². The highest BCUT2D eigenvalue weighted by atomic mass is 16.5. The highest BCUT2D eigenvalue weighted by molar-refractivity contribution is 5.30. The Labute approximate surface area is 113 Å². The van der Waals surface area contributed by atoms with E-state index in [0.29, 0.717) is 0 Å². The molecule has 1 N–H and O–H groups in total. The monoisotopic (exact) mass is 257 g/mol. The van der Waals surface area contributed by atoms with Crippen molar-refractivity contribution in [1.82, 2.24) is 15.5 Å². The van der Waals surface area contributed by atoms with Crippen molar-refractivity contribution in [2.45, 2.75) is 38.1 Å². The molecule has 0 spiro atoms. The second-order valence-electron chi connectivity index (χ2n) is 5.60. The summed E-state index contributed by atoms with van der Waals surface area (Å²) in [6.45, 7) is 5.28. The van der Waals surface area contributed by atoms with Crippen molar-refractivity contribution in [3.63, 3.8) is 0 Å². The number of benzene rings is 1. The summed E-state index contributed by atoms with van der Waals surface area (Å²) >= 11 is 0. The van der Waals surface area contributed by atoms with Crippen molar-refractivity contribution in [3.8, 4) is 0 Å². The van der Waals surface area contributed by atoms with Crippen molar-refractivity contribution in [3.05, 3.63) is 47.6 Å². The van der Waals surface area contributed by atoms with Gasteiger partial charge in [-0.2, -0.15) is 4.98 Å². The van der Waals surface area contributed by atoms with E-state index in [1.54, 1.807) is 0 Å². The lowest BCUT2D eigenvalue weighted by Gasteiger charge is -2.20. The summed E-state index contributed by atoms with van der Waals surface area (Å²) in [5.74, 6) is 1.47. The van der Waals surface area contributed by atoms with Gasteiger partial charge >= 0.3 is 0 Å². The Balaban J connectivity index is 1.89. The summed E-state index contributed by atoms with van der Waals surface area (Å²) in [6.07, 6.45) is 2.25. The van der Waals surface area contributed by atoms with E-state index in [4.69, 9.17) is 4.52 Å².